The third-order valence-electron chi connectivity index (χ3n) is 5.28. The molecule has 8 heteroatoms. The molecule has 1 aromatic heterocycles. The van der Waals surface area contributed by atoms with Gasteiger partial charge in [0, 0.05) is 20.0 Å². The minimum absolute atomic E-state index is 0.122. The summed E-state index contributed by atoms with van der Waals surface area (Å²) in [5, 5.41) is 0.504. The molecule has 0 spiro atoms. The van der Waals surface area contributed by atoms with Gasteiger partial charge in [-0.05, 0) is 24.3 Å². The van der Waals surface area contributed by atoms with Crippen molar-refractivity contribution in [3.05, 3.63) is 64.7 Å². The monoisotopic (exact) mass is 406 g/mol. The molecule has 0 radical (unpaired) electrons. The predicted octanol–water partition coefficient (Wildman–Crippen LogP) is 1.94. The average Bonchev–Trinajstić information content (AvgIpc) is 3.14. The molecule has 1 aliphatic rings. The van der Waals surface area contributed by atoms with Crippen LogP contribution in [-0.2, 0) is 16.1 Å². The SMILES string of the molecule is COc1ccccc1N1C[C@H](C(=O)N(C)Cc2nc3ccccc3c(=O)[nH]2)CC1=O. The van der Waals surface area contributed by atoms with Crippen molar-refractivity contribution < 1.29 is 14.3 Å². The third kappa shape index (κ3) is 3.63. The van der Waals surface area contributed by atoms with Gasteiger partial charge in [0.1, 0.15) is 11.6 Å². The summed E-state index contributed by atoms with van der Waals surface area (Å²) in [7, 11) is 3.20. The van der Waals surface area contributed by atoms with Crippen molar-refractivity contribution in [1.29, 1.82) is 0 Å². The number of benzene rings is 2. The maximum atomic E-state index is 13.0. The summed E-state index contributed by atoms with van der Waals surface area (Å²) >= 11 is 0. The van der Waals surface area contributed by atoms with Crippen molar-refractivity contribution >= 4 is 28.4 Å². The molecule has 2 heterocycles. The third-order valence-corrected chi connectivity index (χ3v) is 5.28. The summed E-state index contributed by atoms with van der Waals surface area (Å²) in [6.45, 7) is 0.433. The van der Waals surface area contributed by atoms with Crippen molar-refractivity contribution in [3.63, 3.8) is 0 Å². The highest BCUT2D eigenvalue weighted by Gasteiger charge is 2.37. The Balaban J connectivity index is 1.50. The normalized spacial score (nSPS) is 16.1. The van der Waals surface area contributed by atoms with E-state index in [9.17, 15) is 14.4 Å². The summed E-state index contributed by atoms with van der Waals surface area (Å²) in [6.07, 6.45) is 0.128. The lowest BCUT2D eigenvalue weighted by atomic mass is 10.1. The largest absolute Gasteiger partial charge is 0.495 e. The van der Waals surface area contributed by atoms with Crippen LogP contribution in [0, 0.1) is 5.92 Å². The number of para-hydroxylation sites is 3. The molecule has 4 rings (SSSR count). The molecule has 1 aliphatic heterocycles. The summed E-state index contributed by atoms with van der Waals surface area (Å²) in [6, 6.07) is 14.3. The number of carbonyl (C=O) groups is 2. The molecule has 0 saturated carbocycles. The highest BCUT2D eigenvalue weighted by atomic mass is 16.5. The van der Waals surface area contributed by atoms with Crippen molar-refractivity contribution in [2.45, 2.75) is 13.0 Å². The quantitative estimate of drug-likeness (QED) is 0.699. The Kier molecular flexibility index (Phi) is 5.22. The van der Waals surface area contributed by atoms with Crippen LogP contribution in [0.1, 0.15) is 12.2 Å². The van der Waals surface area contributed by atoms with Gasteiger partial charge in [0.25, 0.3) is 5.56 Å². The smallest absolute Gasteiger partial charge is 0.258 e. The molecule has 154 valence electrons. The van der Waals surface area contributed by atoms with Crippen LogP contribution < -0.4 is 15.2 Å². The molecular formula is C22H22N4O4. The molecular weight excluding hydrogens is 384 g/mol. The van der Waals surface area contributed by atoms with Gasteiger partial charge >= 0.3 is 0 Å². The molecule has 1 atom stereocenters. The molecule has 30 heavy (non-hydrogen) atoms. The van der Waals surface area contributed by atoms with Gasteiger partial charge in [0.15, 0.2) is 0 Å². The zero-order valence-corrected chi connectivity index (χ0v) is 16.8. The zero-order valence-electron chi connectivity index (χ0n) is 16.8. The number of amides is 2. The Morgan fingerprint density at radius 3 is 2.73 bits per heavy atom. The van der Waals surface area contributed by atoms with Gasteiger partial charge in [-0.25, -0.2) is 4.98 Å². The molecule has 2 amide bonds. The van der Waals surface area contributed by atoms with Gasteiger partial charge in [-0.3, -0.25) is 14.4 Å². The first kappa shape index (κ1) is 19.6. The fourth-order valence-corrected chi connectivity index (χ4v) is 3.78. The summed E-state index contributed by atoms with van der Waals surface area (Å²) in [5.41, 5.74) is 0.994. The topological polar surface area (TPSA) is 95.6 Å². The molecule has 1 N–H and O–H groups in total. The molecule has 0 unspecified atom stereocenters. The Hall–Kier alpha value is -3.68. The summed E-state index contributed by atoms with van der Waals surface area (Å²) in [5.74, 6) is 0.227. The van der Waals surface area contributed by atoms with Crippen LogP contribution in [0.4, 0.5) is 5.69 Å². The van der Waals surface area contributed by atoms with E-state index < -0.39 is 5.92 Å². The number of rotatable bonds is 5. The van der Waals surface area contributed by atoms with Gasteiger partial charge < -0.3 is 19.5 Å². The number of carbonyl (C=O) groups excluding carboxylic acids is 2. The number of H-pyrrole nitrogens is 1. The second-order valence-corrected chi connectivity index (χ2v) is 7.30. The number of aromatic amines is 1. The minimum atomic E-state index is -0.473. The second-order valence-electron chi connectivity index (χ2n) is 7.30. The van der Waals surface area contributed by atoms with E-state index in [2.05, 4.69) is 9.97 Å². The van der Waals surface area contributed by atoms with Crippen LogP contribution in [0.25, 0.3) is 10.9 Å². The standard InChI is InChI=1S/C22H22N4O4/c1-25(13-19-23-16-8-4-3-7-15(16)21(28)24-19)22(29)14-11-20(27)26(12-14)17-9-5-6-10-18(17)30-2/h3-10,14H,11-13H2,1-2H3,(H,23,24,28)/t14-/m1/s1. The summed E-state index contributed by atoms with van der Waals surface area (Å²) in [4.78, 5) is 48.0. The van der Waals surface area contributed by atoms with Crippen LogP contribution in [0.2, 0.25) is 0 Å². The first-order valence-electron chi connectivity index (χ1n) is 9.64. The van der Waals surface area contributed by atoms with Gasteiger partial charge in [-0.1, -0.05) is 24.3 Å². The fraction of sp³-hybridized carbons (Fsp3) is 0.273. The van der Waals surface area contributed by atoms with Crippen LogP contribution in [0.15, 0.2) is 53.3 Å². The Morgan fingerprint density at radius 1 is 1.20 bits per heavy atom. The highest BCUT2D eigenvalue weighted by molar-refractivity contribution is 6.01. The number of nitrogens with one attached hydrogen (secondary N) is 1. The molecule has 0 aliphatic carbocycles. The number of ether oxygens (including phenoxy) is 1. The van der Waals surface area contributed by atoms with Crippen molar-refractivity contribution in [2.24, 2.45) is 5.92 Å². The van der Waals surface area contributed by atoms with Gasteiger partial charge in [-0.2, -0.15) is 0 Å². The van der Waals surface area contributed by atoms with Gasteiger partial charge in [0.05, 0.1) is 36.2 Å². The average molecular weight is 406 g/mol. The van der Waals surface area contributed by atoms with Gasteiger partial charge in [-0.15, -0.1) is 0 Å². The molecule has 3 aromatic rings. The lowest BCUT2D eigenvalue weighted by Crippen LogP contribution is -2.35. The number of methoxy groups -OCH3 is 1. The van der Waals surface area contributed by atoms with E-state index in [1.165, 1.54) is 4.90 Å². The maximum Gasteiger partial charge on any atom is 0.258 e. The predicted molar refractivity (Wildman–Crippen MR) is 112 cm³/mol. The fourth-order valence-electron chi connectivity index (χ4n) is 3.78. The Morgan fingerprint density at radius 2 is 1.93 bits per heavy atom. The Labute approximate surface area is 173 Å². The zero-order chi connectivity index (χ0) is 21.3. The lowest BCUT2D eigenvalue weighted by Gasteiger charge is -2.22. The molecule has 1 fully saturated rings. The van der Waals surface area contributed by atoms with Crippen LogP contribution in [-0.4, -0.2) is 47.4 Å². The van der Waals surface area contributed by atoms with E-state index in [0.29, 0.717) is 28.2 Å². The van der Waals surface area contributed by atoms with Crippen LogP contribution in [0.5, 0.6) is 5.75 Å². The van der Waals surface area contributed by atoms with Crippen LogP contribution in [0.3, 0.4) is 0 Å². The summed E-state index contributed by atoms with van der Waals surface area (Å²) < 4.78 is 5.34. The van der Waals surface area contributed by atoms with E-state index in [0.717, 1.165) is 0 Å². The molecule has 0 bridgehead atoms. The van der Waals surface area contributed by atoms with Gasteiger partial charge in [0.2, 0.25) is 11.8 Å². The highest BCUT2D eigenvalue weighted by Crippen LogP contribution is 2.33. The number of aromatic nitrogens is 2. The molecule has 2 aromatic carbocycles. The number of anilines is 1. The van der Waals surface area contributed by atoms with Crippen LogP contribution >= 0.6 is 0 Å². The minimum Gasteiger partial charge on any atom is -0.495 e. The lowest BCUT2D eigenvalue weighted by molar-refractivity contribution is -0.135. The van der Waals surface area contributed by atoms with Crippen molar-refractivity contribution in [1.82, 2.24) is 14.9 Å². The Bertz CT molecular complexity index is 1170. The van der Waals surface area contributed by atoms with E-state index >= 15 is 0 Å². The number of nitrogens with zero attached hydrogens (tertiary/aromatic N) is 3. The second kappa shape index (κ2) is 7.98. The van der Waals surface area contributed by atoms with Crippen molar-refractivity contribution in [2.75, 3.05) is 25.6 Å². The number of hydrogen-bond donors (Lipinski definition) is 1. The molecule has 1 saturated heterocycles. The molecule has 8 nitrogen and oxygen atoms in total. The first-order valence-corrected chi connectivity index (χ1v) is 9.64. The maximum absolute atomic E-state index is 13.0. The van der Waals surface area contributed by atoms with Crippen molar-refractivity contribution in [3.8, 4) is 5.75 Å². The van der Waals surface area contributed by atoms with E-state index in [1.54, 1.807) is 49.4 Å². The van der Waals surface area contributed by atoms with E-state index in [1.807, 2.05) is 18.2 Å². The number of hydrogen-bond acceptors (Lipinski definition) is 5. The van der Waals surface area contributed by atoms with E-state index in [4.69, 9.17) is 4.74 Å². The van der Waals surface area contributed by atoms with E-state index in [-0.39, 0.29) is 36.9 Å². The first-order chi connectivity index (χ1) is 14.5. The number of fused-ring (bicyclic) bond motifs is 1.